The minimum atomic E-state index is 0.0498. The molecule has 0 radical (unpaired) electrons. The summed E-state index contributed by atoms with van der Waals surface area (Å²) in [6.07, 6.45) is 2.16. The van der Waals surface area contributed by atoms with Crippen molar-refractivity contribution in [2.24, 2.45) is 0 Å². The molecule has 3 rings (SSSR count). The summed E-state index contributed by atoms with van der Waals surface area (Å²) in [5.41, 5.74) is 4.70. The van der Waals surface area contributed by atoms with Gasteiger partial charge in [-0.2, -0.15) is 0 Å². The van der Waals surface area contributed by atoms with E-state index in [4.69, 9.17) is 4.74 Å². The molecular weight excluding hydrogens is 298 g/mol. The van der Waals surface area contributed by atoms with Crippen LogP contribution in [-0.2, 0) is 23.1 Å². The van der Waals surface area contributed by atoms with Gasteiger partial charge in [0.25, 0.3) is 0 Å². The summed E-state index contributed by atoms with van der Waals surface area (Å²) < 4.78 is 5.48. The molecule has 1 N–H and O–H groups in total. The number of carbonyl (C=O) groups is 1. The quantitative estimate of drug-likeness (QED) is 0.900. The van der Waals surface area contributed by atoms with Crippen molar-refractivity contribution in [3.05, 3.63) is 59.2 Å². The van der Waals surface area contributed by atoms with Crippen LogP contribution in [0.1, 0.15) is 43.9 Å². The van der Waals surface area contributed by atoms with Crippen LogP contribution in [0, 0.1) is 0 Å². The predicted molar refractivity (Wildman–Crippen MR) is 97.7 cm³/mol. The largest absolute Gasteiger partial charge is 0.493 e. The highest BCUT2D eigenvalue weighted by molar-refractivity contribution is 5.91. The van der Waals surface area contributed by atoms with E-state index >= 15 is 0 Å². The van der Waals surface area contributed by atoms with Crippen LogP contribution in [-0.4, -0.2) is 12.5 Å². The number of benzene rings is 2. The van der Waals surface area contributed by atoms with Gasteiger partial charge in [0, 0.05) is 18.5 Å². The molecule has 3 heteroatoms. The van der Waals surface area contributed by atoms with Gasteiger partial charge in [-0.25, -0.2) is 0 Å². The number of carbonyl (C=O) groups excluding carboxylic acids is 1. The van der Waals surface area contributed by atoms with Crippen molar-refractivity contribution in [2.75, 3.05) is 11.9 Å². The van der Waals surface area contributed by atoms with Crippen molar-refractivity contribution in [2.45, 2.75) is 45.4 Å². The smallest absolute Gasteiger partial charge is 0.224 e. The lowest BCUT2D eigenvalue weighted by molar-refractivity contribution is -0.116. The normalized spacial score (nSPS) is 13.3. The van der Waals surface area contributed by atoms with Crippen LogP contribution in [0.2, 0.25) is 0 Å². The van der Waals surface area contributed by atoms with Gasteiger partial charge in [0.15, 0.2) is 0 Å². The summed E-state index contributed by atoms with van der Waals surface area (Å²) in [5.74, 6) is 0.987. The fraction of sp³-hybridized carbons (Fsp3) is 0.381. The van der Waals surface area contributed by atoms with Crippen molar-refractivity contribution in [1.29, 1.82) is 0 Å². The van der Waals surface area contributed by atoms with Gasteiger partial charge in [0.05, 0.1) is 6.61 Å². The molecule has 0 spiro atoms. The Morgan fingerprint density at radius 2 is 1.88 bits per heavy atom. The van der Waals surface area contributed by atoms with E-state index in [2.05, 4.69) is 50.4 Å². The topological polar surface area (TPSA) is 38.3 Å². The number of nitrogens with one attached hydrogen (secondary N) is 1. The lowest BCUT2D eigenvalue weighted by Gasteiger charge is -2.19. The second-order valence-electron chi connectivity index (χ2n) is 7.42. The number of fused-ring (bicyclic) bond motifs is 1. The molecule has 0 fully saturated rings. The minimum Gasteiger partial charge on any atom is -0.493 e. The molecule has 1 heterocycles. The van der Waals surface area contributed by atoms with Crippen LogP contribution in [0.25, 0.3) is 0 Å². The van der Waals surface area contributed by atoms with E-state index in [0.29, 0.717) is 6.42 Å². The molecule has 0 saturated heterocycles. The molecule has 0 aromatic heterocycles. The van der Waals surface area contributed by atoms with Crippen molar-refractivity contribution < 1.29 is 9.53 Å². The number of rotatable bonds is 4. The molecule has 1 aliphatic heterocycles. The molecule has 0 saturated carbocycles. The third kappa shape index (κ3) is 3.97. The molecular formula is C21H25NO2. The Hall–Kier alpha value is -2.29. The summed E-state index contributed by atoms with van der Waals surface area (Å²) in [5, 5.41) is 2.98. The van der Waals surface area contributed by atoms with Gasteiger partial charge in [-0.15, -0.1) is 0 Å². The zero-order valence-corrected chi connectivity index (χ0v) is 14.7. The number of aryl methyl sites for hydroxylation is 1. The number of anilines is 1. The Balaban J connectivity index is 1.54. The zero-order valence-electron chi connectivity index (χ0n) is 14.7. The van der Waals surface area contributed by atoms with Crippen LogP contribution in [0.3, 0.4) is 0 Å². The first-order chi connectivity index (χ1) is 11.4. The van der Waals surface area contributed by atoms with Crippen LogP contribution < -0.4 is 10.1 Å². The number of amides is 1. The molecule has 0 bridgehead atoms. The second kappa shape index (κ2) is 6.68. The minimum absolute atomic E-state index is 0.0498. The summed E-state index contributed by atoms with van der Waals surface area (Å²) >= 11 is 0. The Labute approximate surface area is 144 Å². The molecule has 1 aliphatic rings. The van der Waals surface area contributed by atoms with Crippen LogP contribution in [0.4, 0.5) is 5.69 Å². The third-order valence-corrected chi connectivity index (χ3v) is 4.43. The highest BCUT2D eigenvalue weighted by Gasteiger charge is 2.14. The molecule has 0 atom stereocenters. The highest BCUT2D eigenvalue weighted by Crippen LogP contribution is 2.28. The molecule has 3 nitrogen and oxygen atoms in total. The number of hydrogen-bond donors (Lipinski definition) is 1. The molecule has 1 amide bonds. The standard InChI is InChI=1S/C21H25NO2/c1-21(2,3)17-7-4-15(5-8-17)6-11-20(23)22-18-9-10-19-16(14-18)12-13-24-19/h4-5,7-10,14H,6,11-13H2,1-3H3,(H,22,23). The predicted octanol–water partition coefficient (Wildman–Crippen LogP) is 4.49. The highest BCUT2D eigenvalue weighted by atomic mass is 16.5. The first-order valence-corrected chi connectivity index (χ1v) is 8.57. The van der Waals surface area contributed by atoms with Gasteiger partial charge >= 0.3 is 0 Å². The third-order valence-electron chi connectivity index (χ3n) is 4.43. The molecule has 126 valence electrons. The maximum absolute atomic E-state index is 12.2. The maximum Gasteiger partial charge on any atom is 0.224 e. The van der Waals surface area contributed by atoms with Gasteiger partial charge in [-0.3, -0.25) is 4.79 Å². The van der Waals surface area contributed by atoms with E-state index in [1.54, 1.807) is 0 Å². The van der Waals surface area contributed by atoms with E-state index < -0.39 is 0 Å². The van der Waals surface area contributed by atoms with Gasteiger partial charge in [0.1, 0.15) is 5.75 Å². The summed E-state index contributed by atoms with van der Waals surface area (Å²) in [4.78, 5) is 12.2. The molecule has 0 aliphatic carbocycles. The Morgan fingerprint density at radius 1 is 1.12 bits per heavy atom. The van der Waals surface area contributed by atoms with E-state index in [-0.39, 0.29) is 11.3 Å². The molecule has 0 unspecified atom stereocenters. The van der Waals surface area contributed by atoms with Crippen LogP contribution in [0.5, 0.6) is 5.75 Å². The average Bonchev–Trinajstić information content (AvgIpc) is 3.00. The zero-order chi connectivity index (χ0) is 17.2. The summed E-state index contributed by atoms with van der Waals surface area (Å²) in [6, 6.07) is 14.4. The molecule has 2 aromatic rings. The van der Waals surface area contributed by atoms with Crippen molar-refractivity contribution in [3.63, 3.8) is 0 Å². The first kappa shape index (κ1) is 16.6. The molecule has 24 heavy (non-hydrogen) atoms. The summed E-state index contributed by atoms with van der Waals surface area (Å²) in [6.45, 7) is 7.35. The van der Waals surface area contributed by atoms with Gasteiger partial charge in [-0.1, -0.05) is 45.0 Å². The SMILES string of the molecule is CC(C)(C)c1ccc(CCC(=O)Nc2ccc3c(c2)CCO3)cc1. The fourth-order valence-corrected chi connectivity index (χ4v) is 2.92. The van der Waals surface area contributed by atoms with Gasteiger partial charge in [0.2, 0.25) is 5.91 Å². The van der Waals surface area contributed by atoms with Gasteiger partial charge < -0.3 is 10.1 Å². The summed E-state index contributed by atoms with van der Waals surface area (Å²) in [7, 11) is 0. The number of ether oxygens (including phenoxy) is 1. The lowest BCUT2D eigenvalue weighted by atomic mass is 9.86. The van der Waals surface area contributed by atoms with Crippen molar-refractivity contribution >= 4 is 11.6 Å². The first-order valence-electron chi connectivity index (χ1n) is 8.57. The second-order valence-corrected chi connectivity index (χ2v) is 7.42. The van der Waals surface area contributed by atoms with Crippen LogP contribution in [0.15, 0.2) is 42.5 Å². The van der Waals surface area contributed by atoms with E-state index in [0.717, 1.165) is 30.9 Å². The Bertz CT molecular complexity index is 726. The lowest BCUT2D eigenvalue weighted by Crippen LogP contribution is -2.13. The van der Waals surface area contributed by atoms with Crippen molar-refractivity contribution in [1.82, 2.24) is 0 Å². The molecule has 2 aromatic carbocycles. The van der Waals surface area contributed by atoms with Gasteiger partial charge in [-0.05, 0) is 46.7 Å². The van der Waals surface area contributed by atoms with Crippen molar-refractivity contribution in [3.8, 4) is 5.75 Å². The van der Waals surface area contributed by atoms with E-state index in [1.165, 1.54) is 16.7 Å². The number of hydrogen-bond acceptors (Lipinski definition) is 2. The van der Waals surface area contributed by atoms with E-state index in [1.807, 2.05) is 18.2 Å². The Morgan fingerprint density at radius 3 is 2.58 bits per heavy atom. The fourth-order valence-electron chi connectivity index (χ4n) is 2.92. The van der Waals surface area contributed by atoms with E-state index in [9.17, 15) is 4.79 Å². The maximum atomic E-state index is 12.2. The Kier molecular flexibility index (Phi) is 4.61. The van der Waals surface area contributed by atoms with Crippen LogP contribution >= 0.6 is 0 Å². The average molecular weight is 323 g/mol. The monoisotopic (exact) mass is 323 g/mol.